The molecule has 1 rings (SSSR count). The molecule has 0 aromatic carbocycles. The van der Waals surface area contributed by atoms with Crippen molar-refractivity contribution in [3.05, 3.63) is 0 Å². The molecule has 3 nitrogen and oxygen atoms in total. The largest absolute Gasteiger partial charge is 0.396 e. The van der Waals surface area contributed by atoms with E-state index in [-0.39, 0.29) is 25.2 Å². The van der Waals surface area contributed by atoms with Crippen molar-refractivity contribution in [1.29, 1.82) is 0 Å². The maximum atomic E-state index is 9.53. The van der Waals surface area contributed by atoms with Crippen LogP contribution < -0.4 is 0 Å². The van der Waals surface area contributed by atoms with Crippen molar-refractivity contribution in [2.45, 2.75) is 39.5 Å². The lowest BCUT2D eigenvalue weighted by Crippen LogP contribution is -2.43. The van der Waals surface area contributed by atoms with Crippen molar-refractivity contribution in [2.75, 3.05) is 19.8 Å². The average Bonchev–Trinajstić information content (AvgIpc) is 2.30. The molecule has 0 aromatic heterocycles. The van der Waals surface area contributed by atoms with Crippen LogP contribution in [-0.4, -0.2) is 35.1 Å². The standard InChI is InChI=1S/C13H26O3/c1-10(5-6-14)12-4-3-11(2)13(7-12,8-15)9-16/h10-12,14-16H,3-9H2,1-2H3. The fraction of sp³-hybridized carbons (Fsp3) is 1.00. The third kappa shape index (κ3) is 2.76. The Morgan fingerprint density at radius 3 is 2.31 bits per heavy atom. The summed E-state index contributed by atoms with van der Waals surface area (Å²) in [6.07, 6.45) is 3.94. The minimum atomic E-state index is -0.299. The third-order valence-electron chi connectivity index (χ3n) is 4.70. The highest BCUT2D eigenvalue weighted by molar-refractivity contribution is 4.91. The molecule has 0 bridgehead atoms. The molecule has 0 heterocycles. The minimum Gasteiger partial charge on any atom is -0.396 e. The molecule has 1 aliphatic rings. The summed E-state index contributed by atoms with van der Waals surface area (Å²) in [6.45, 7) is 4.67. The molecule has 3 atom stereocenters. The van der Waals surface area contributed by atoms with E-state index in [1.807, 2.05) is 0 Å². The first-order valence-corrected chi connectivity index (χ1v) is 6.42. The number of hydrogen-bond acceptors (Lipinski definition) is 3. The maximum absolute atomic E-state index is 9.53. The van der Waals surface area contributed by atoms with E-state index in [0.717, 1.165) is 25.7 Å². The first-order valence-electron chi connectivity index (χ1n) is 6.42. The molecule has 0 radical (unpaired) electrons. The summed E-state index contributed by atoms with van der Waals surface area (Å²) in [7, 11) is 0. The molecule has 3 heteroatoms. The molecular formula is C13H26O3. The molecule has 1 fully saturated rings. The van der Waals surface area contributed by atoms with Crippen LogP contribution in [0.4, 0.5) is 0 Å². The molecular weight excluding hydrogens is 204 g/mol. The van der Waals surface area contributed by atoms with Crippen molar-refractivity contribution in [3.63, 3.8) is 0 Å². The van der Waals surface area contributed by atoms with E-state index in [1.165, 1.54) is 0 Å². The third-order valence-corrected chi connectivity index (χ3v) is 4.70. The molecule has 0 spiro atoms. The number of aliphatic hydroxyl groups excluding tert-OH is 3. The van der Waals surface area contributed by atoms with Crippen LogP contribution in [0.15, 0.2) is 0 Å². The highest BCUT2D eigenvalue weighted by atomic mass is 16.3. The predicted molar refractivity (Wildman–Crippen MR) is 64.0 cm³/mol. The lowest BCUT2D eigenvalue weighted by Gasteiger charge is -2.45. The number of hydrogen-bond donors (Lipinski definition) is 3. The van der Waals surface area contributed by atoms with Gasteiger partial charge < -0.3 is 15.3 Å². The maximum Gasteiger partial charge on any atom is 0.0512 e. The van der Waals surface area contributed by atoms with Gasteiger partial charge in [0.1, 0.15) is 0 Å². The molecule has 3 unspecified atom stereocenters. The SMILES string of the molecule is CC(CCO)C1CCC(C)C(CO)(CO)C1. The monoisotopic (exact) mass is 230 g/mol. The minimum absolute atomic E-state index is 0.0764. The van der Waals surface area contributed by atoms with Crippen LogP contribution in [0.25, 0.3) is 0 Å². The van der Waals surface area contributed by atoms with Crippen LogP contribution in [0.5, 0.6) is 0 Å². The van der Waals surface area contributed by atoms with Gasteiger partial charge in [0.15, 0.2) is 0 Å². The van der Waals surface area contributed by atoms with Crippen LogP contribution in [0.3, 0.4) is 0 Å². The van der Waals surface area contributed by atoms with Gasteiger partial charge in [-0.25, -0.2) is 0 Å². The van der Waals surface area contributed by atoms with Crippen molar-refractivity contribution in [2.24, 2.45) is 23.2 Å². The lowest BCUT2D eigenvalue weighted by atomic mass is 9.61. The van der Waals surface area contributed by atoms with Crippen molar-refractivity contribution in [1.82, 2.24) is 0 Å². The van der Waals surface area contributed by atoms with Gasteiger partial charge in [0.2, 0.25) is 0 Å². The van der Waals surface area contributed by atoms with Gasteiger partial charge in [-0.3, -0.25) is 0 Å². The van der Waals surface area contributed by atoms with Gasteiger partial charge in [-0.1, -0.05) is 13.8 Å². The molecule has 16 heavy (non-hydrogen) atoms. The zero-order valence-corrected chi connectivity index (χ0v) is 10.5. The van der Waals surface area contributed by atoms with E-state index in [9.17, 15) is 10.2 Å². The second-order valence-corrected chi connectivity index (χ2v) is 5.61. The quantitative estimate of drug-likeness (QED) is 0.669. The van der Waals surface area contributed by atoms with E-state index in [2.05, 4.69) is 13.8 Å². The summed E-state index contributed by atoms with van der Waals surface area (Å²) in [6, 6.07) is 0. The fourth-order valence-electron chi connectivity index (χ4n) is 3.01. The number of aliphatic hydroxyl groups is 3. The molecule has 1 aliphatic carbocycles. The molecule has 96 valence electrons. The molecule has 3 N–H and O–H groups in total. The van der Waals surface area contributed by atoms with Gasteiger partial charge in [0, 0.05) is 12.0 Å². The molecule has 0 aromatic rings. The Labute approximate surface area is 98.5 Å². The summed E-state index contributed by atoms with van der Waals surface area (Å²) in [5.41, 5.74) is -0.299. The highest BCUT2D eigenvalue weighted by Gasteiger charge is 2.42. The second-order valence-electron chi connectivity index (χ2n) is 5.61. The zero-order chi connectivity index (χ0) is 12.2. The zero-order valence-electron chi connectivity index (χ0n) is 10.5. The summed E-state index contributed by atoms with van der Waals surface area (Å²) in [5.74, 6) is 1.40. The van der Waals surface area contributed by atoms with Crippen LogP contribution in [-0.2, 0) is 0 Å². The first-order chi connectivity index (χ1) is 7.59. The second kappa shape index (κ2) is 5.99. The molecule has 0 aliphatic heterocycles. The Morgan fingerprint density at radius 2 is 1.81 bits per heavy atom. The van der Waals surface area contributed by atoms with Gasteiger partial charge in [0.25, 0.3) is 0 Å². The smallest absolute Gasteiger partial charge is 0.0512 e. The molecule has 0 saturated heterocycles. The van der Waals surface area contributed by atoms with Crippen molar-refractivity contribution < 1.29 is 15.3 Å². The summed E-state index contributed by atoms with van der Waals surface area (Å²) in [4.78, 5) is 0. The Morgan fingerprint density at radius 1 is 1.19 bits per heavy atom. The summed E-state index contributed by atoms with van der Waals surface area (Å²) in [5, 5.41) is 28.0. The van der Waals surface area contributed by atoms with Crippen molar-refractivity contribution in [3.8, 4) is 0 Å². The Kier molecular flexibility index (Phi) is 5.22. The van der Waals surface area contributed by atoms with Crippen LogP contribution in [0.1, 0.15) is 39.5 Å². The average molecular weight is 230 g/mol. The van der Waals surface area contributed by atoms with E-state index >= 15 is 0 Å². The number of rotatable bonds is 5. The van der Waals surface area contributed by atoms with Crippen molar-refractivity contribution >= 4 is 0 Å². The van der Waals surface area contributed by atoms with Crippen LogP contribution >= 0.6 is 0 Å². The van der Waals surface area contributed by atoms with Gasteiger partial charge in [-0.15, -0.1) is 0 Å². The van der Waals surface area contributed by atoms with E-state index in [1.54, 1.807) is 0 Å². The molecule has 0 amide bonds. The Balaban J connectivity index is 2.66. The van der Waals surface area contributed by atoms with Gasteiger partial charge >= 0.3 is 0 Å². The van der Waals surface area contributed by atoms with Crippen LogP contribution in [0.2, 0.25) is 0 Å². The van der Waals surface area contributed by atoms with Gasteiger partial charge in [-0.2, -0.15) is 0 Å². The van der Waals surface area contributed by atoms with E-state index in [4.69, 9.17) is 5.11 Å². The van der Waals surface area contributed by atoms with Crippen LogP contribution in [0, 0.1) is 23.2 Å². The fourth-order valence-corrected chi connectivity index (χ4v) is 3.01. The first kappa shape index (κ1) is 13.9. The summed E-state index contributed by atoms with van der Waals surface area (Å²) >= 11 is 0. The van der Waals surface area contributed by atoms with E-state index in [0.29, 0.717) is 17.8 Å². The summed E-state index contributed by atoms with van der Waals surface area (Å²) < 4.78 is 0. The Bertz CT molecular complexity index is 201. The lowest BCUT2D eigenvalue weighted by molar-refractivity contribution is -0.0459. The highest BCUT2D eigenvalue weighted by Crippen LogP contribution is 2.45. The topological polar surface area (TPSA) is 60.7 Å². The predicted octanol–water partition coefficient (Wildman–Crippen LogP) is 1.41. The molecule has 1 saturated carbocycles. The van der Waals surface area contributed by atoms with E-state index < -0.39 is 0 Å². The Hall–Kier alpha value is -0.120. The van der Waals surface area contributed by atoms with Gasteiger partial charge in [0.05, 0.1) is 13.2 Å². The normalized spacial score (nSPS) is 31.3. The van der Waals surface area contributed by atoms with Gasteiger partial charge in [-0.05, 0) is 43.4 Å².